The van der Waals surface area contributed by atoms with E-state index in [1.807, 2.05) is 67.0 Å². The van der Waals surface area contributed by atoms with Gasteiger partial charge in [0.2, 0.25) is 11.8 Å². The predicted molar refractivity (Wildman–Crippen MR) is 220 cm³/mol. The van der Waals surface area contributed by atoms with E-state index in [1.54, 1.807) is 52.5 Å². The Labute approximate surface area is 331 Å². The summed E-state index contributed by atoms with van der Waals surface area (Å²) in [6, 6.07) is 13.8. The van der Waals surface area contributed by atoms with Gasteiger partial charge in [0.15, 0.2) is 34.5 Å². The number of ether oxygens (including phenoxy) is 6. The summed E-state index contributed by atoms with van der Waals surface area (Å²) in [5.74, 6) is 4.05. The number of nitrogens with zero attached hydrogens (tertiary/aromatic N) is 3. The quantitative estimate of drug-likeness (QED) is 0.125. The minimum atomic E-state index is 0.00278. The van der Waals surface area contributed by atoms with E-state index < -0.39 is 0 Å². The second-order valence-corrected chi connectivity index (χ2v) is 13.7. The van der Waals surface area contributed by atoms with Crippen LogP contribution in [0.4, 0.5) is 0 Å². The molecule has 3 aromatic rings. The van der Waals surface area contributed by atoms with Crippen molar-refractivity contribution in [3.05, 3.63) is 107 Å². The maximum atomic E-state index is 13.3. The zero-order chi connectivity index (χ0) is 40.2. The lowest BCUT2D eigenvalue weighted by Gasteiger charge is -2.34. The van der Waals surface area contributed by atoms with Crippen LogP contribution in [-0.2, 0) is 22.4 Å². The summed E-state index contributed by atoms with van der Waals surface area (Å²) < 4.78 is 33.1. The molecule has 0 fully saturated rings. The molecule has 0 spiro atoms. The van der Waals surface area contributed by atoms with Crippen LogP contribution in [0.3, 0.4) is 0 Å². The third-order valence-electron chi connectivity index (χ3n) is 10.5. The number of carbonyl (C=O) groups is 2. The number of benzene rings is 3. The fourth-order valence-electron chi connectivity index (χ4n) is 7.25. The van der Waals surface area contributed by atoms with E-state index in [-0.39, 0.29) is 36.6 Å². The van der Waals surface area contributed by atoms with E-state index in [0.29, 0.717) is 60.7 Å². The first kappa shape index (κ1) is 41.5. The molecule has 2 aliphatic rings. The van der Waals surface area contributed by atoms with Gasteiger partial charge in [0.25, 0.3) is 0 Å². The van der Waals surface area contributed by atoms with E-state index >= 15 is 0 Å². The number of amides is 2. The monoisotopic (exact) mass is 765 g/mol. The molecule has 2 heterocycles. The molecule has 3 aromatic carbocycles. The molecule has 56 heavy (non-hydrogen) atoms. The highest BCUT2D eigenvalue weighted by Gasteiger charge is 2.25. The lowest BCUT2D eigenvalue weighted by Crippen LogP contribution is -2.38. The first-order valence-corrected chi connectivity index (χ1v) is 18.9. The van der Waals surface area contributed by atoms with E-state index in [1.165, 1.54) is 0 Å². The Bertz CT molecular complexity index is 1860. The summed E-state index contributed by atoms with van der Waals surface area (Å²) in [5.41, 5.74) is 4.81. The number of rotatable bonds is 18. The Morgan fingerprint density at radius 3 is 1.46 bits per heavy atom. The lowest BCUT2D eigenvalue weighted by atomic mass is 9.88. The van der Waals surface area contributed by atoms with Gasteiger partial charge in [0.05, 0.1) is 55.5 Å². The second kappa shape index (κ2) is 19.8. The van der Waals surface area contributed by atoms with Gasteiger partial charge < -0.3 is 38.2 Å². The van der Waals surface area contributed by atoms with Crippen LogP contribution >= 0.6 is 0 Å². The fourth-order valence-corrected chi connectivity index (χ4v) is 7.25. The van der Waals surface area contributed by atoms with Crippen LogP contribution < -0.4 is 28.4 Å². The van der Waals surface area contributed by atoms with Crippen LogP contribution in [0.5, 0.6) is 34.5 Å². The molecule has 2 atom stereocenters. The van der Waals surface area contributed by atoms with E-state index in [4.69, 9.17) is 28.4 Å². The minimum absolute atomic E-state index is 0.00278. The molecular formula is C45H55N3O8. The molecule has 298 valence electrons. The molecule has 0 radical (unpaired) electrons. The third-order valence-corrected chi connectivity index (χ3v) is 10.5. The maximum absolute atomic E-state index is 13.3. The number of hydrogen-bond acceptors (Lipinski definition) is 9. The standard InChI is InChI=1S/C45H55N3O8/c1-9-37(34-14-15-38(51-3)39(26-34)52-4)31(2)46(18-10-12-20-47-22-16-32-24-40(53-5)42(55-7)27-35(32)29-44(47)49)19-11-13-21-48-23-17-33-25-41(54-6)43(56-8)28-36(33)30-45(48)50/h10-17,22-28,31,37H,9,18-21,29-30H2,1-8H3. The van der Waals surface area contributed by atoms with E-state index in [0.717, 1.165) is 34.2 Å². The molecular weight excluding hydrogens is 711 g/mol. The highest BCUT2D eigenvalue weighted by molar-refractivity contribution is 5.85. The number of methoxy groups -OCH3 is 6. The van der Waals surface area contributed by atoms with Gasteiger partial charge in [-0.1, -0.05) is 37.3 Å². The predicted octanol–water partition coefficient (Wildman–Crippen LogP) is 7.15. The zero-order valence-corrected chi connectivity index (χ0v) is 33.9. The molecule has 0 bridgehead atoms. The van der Waals surface area contributed by atoms with Gasteiger partial charge in [-0.05, 0) is 95.6 Å². The molecule has 0 saturated heterocycles. The van der Waals surface area contributed by atoms with Crippen LogP contribution in [0.25, 0.3) is 12.2 Å². The van der Waals surface area contributed by atoms with Crippen LogP contribution in [0, 0.1) is 0 Å². The highest BCUT2D eigenvalue weighted by Crippen LogP contribution is 2.36. The topological polar surface area (TPSA) is 99.2 Å². The van der Waals surface area contributed by atoms with Crippen LogP contribution in [0.1, 0.15) is 54.0 Å². The number of carbonyl (C=O) groups excluding carboxylic acids is 2. The summed E-state index contributed by atoms with van der Waals surface area (Å²) in [6.45, 7) is 6.61. The van der Waals surface area contributed by atoms with Crippen LogP contribution in [-0.4, -0.2) is 101 Å². The number of hydrogen-bond donors (Lipinski definition) is 0. The van der Waals surface area contributed by atoms with Crippen molar-refractivity contribution in [1.82, 2.24) is 14.7 Å². The molecule has 2 aliphatic heterocycles. The summed E-state index contributed by atoms with van der Waals surface area (Å²) in [5, 5.41) is 0. The first-order valence-electron chi connectivity index (χ1n) is 18.9. The molecule has 0 N–H and O–H groups in total. The van der Waals surface area contributed by atoms with Gasteiger partial charge in [-0.2, -0.15) is 0 Å². The van der Waals surface area contributed by atoms with Gasteiger partial charge in [-0.15, -0.1) is 0 Å². The van der Waals surface area contributed by atoms with Crippen LogP contribution in [0.15, 0.2) is 79.2 Å². The molecule has 5 rings (SSSR count). The summed E-state index contributed by atoms with van der Waals surface area (Å²) in [6.07, 6.45) is 17.3. The maximum Gasteiger partial charge on any atom is 0.231 e. The molecule has 0 saturated carbocycles. The van der Waals surface area contributed by atoms with Crippen molar-refractivity contribution in [3.63, 3.8) is 0 Å². The Hall–Kier alpha value is -5.68. The van der Waals surface area contributed by atoms with Crippen molar-refractivity contribution in [3.8, 4) is 34.5 Å². The lowest BCUT2D eigenvalue weighted by molar-refractivity contribution is -0.128. The fraction of sp³-hybridized carbons (Fsp3) is 0.378. The van der Waals surface area contributed by atoms with Crippen molar-refractivity contribution >= 4 is 24.0 Å². The Morgan fingerprint density at radius 1 is 0.607 bits per heavy atom. The van der Waals surface area contributed by atoms with Gasteiger partial charge >= 0.3 is 0 Å². The van der Waals surface area contributed by atoms with Crippen molar-refractivity contribution in [1.29, 1.82) is 0 Å². The third kappa shape index (κ3) is 9.75. The Balaban J connectivity index is 1.30. The van der Waals surface area contributed by atoms with Crippen LogP contribution in [0.2, 0.25) is 0 Å². The van der Waals surface area contributed by atoms with Gasteiger partial charge in [0, 0.05) is 44.6 Å². The van der Waals surface area contributed by atoms with Gasteiger partial charge in [0.1, 0.15) is 0 Å². The molecule has 11 nitrogen and oxygen atoms in total. The Kier molecular flexibility index (Phi) is 14.6. The van der Waals surface area contributed by atoms with E-state index in [2.05, 4.69) is 43.0 Å². The smallest absolute Gasteiger partial charge is 0.231 e. The average molecular weight is 766 g/mol. The van der Waals surface area contributed by atoms with Crippen molar-refractivity contribution in [2.24, 2.45) is 0 Å². The molecule has 0 aromatic heterocycles. The average Bonchev–Trinajstić information content (AvgIpc) is 3.47. The zero-order valence-electron chi connectivity index (χ0n) is 33.9. The molecule has 0 aliphatic carbocycles. The highest BCUT2D eigenvalue weighted by atomic mass is 16.5. The summed E-state index contributed by atoms with van der Waals surface area (Å²) >= 11 is 0. The molecule has 2 amide bonds. The van der Waals surface area contributed by atoms with E-state index in [9.17, 15) is 9.59 Å². The SMILES string of the molecule is CCC(c1ccc(OC)c(OC)c1)C(C)N(CC=CCN1C=Cc2cc(OC)c(OC)cc2CC1=O)CC=CCN1C=Cc2cc(OC)c(OC)cc2CC1=O. The van der Waals surface area contributed by atoms with Crippen molar-refractivity contribution in [2.45, 2.75) is 45.1 Å². The normalized spacial score (nSPS) is 15.1. The minimum Gasteiger partial charge on any atom is -0.493 e. The number of fused-ring (bicyclic) bond motifs is 2. The second-order valence-electron chi connectivity index (χ2n) is 13.7. The van der Waals surface area contributed by atoms with Crippen molar-refractivity contribution < 1.29 is 38.0 Å². The molecule has 11 heteroatoms. The Morgan fingerprint density at radius 2 is 1.04 bits per heavy atom. The first-order chi connectivity index (χ1) is 27.2. The van der Waals surface area contributed by atoms with Gasteiger partial charge in [-0.25, -0.2) is 0 Å². The summed E-state index contributed by atoms with van der Waals surface area (Å²) in [4.78, 5) is 32.5. The van der Waals surface area contributed by atoms with Gasteiger partial charge in [-0.3, -0.25) is 14.5 Å². The largest absolute Gasteiger partial charge is 0.493 e. The molecule has 2 unspecified atom stereocenters. The summed E-state index contributed by atoms with van der Waals surface area (Å²) in [7, 11) is 9.69. The van der Waals surface area contributed by atoms with Crippen molar-refractivity contribution in [2.75, 3.05) is 68.8 Å².